The molecule has 1 fully saturated rings. The van der Waals surface area contributed by atoms with Gasteiger partial charge in [-0.25, -0.2) is 8.42 Å². The van der Waals surface area contributed by atoms with Gasteiger partial charge in [-0.05, 0) is 62.3 Å². The number of anilines is 2. The van der Waals surface area contributed by atoms with Gasteiger partial charge in [0.1, 0.15) is 0 Å². The molecule has 0 unspecified atom stereocenters. The summed E-state index contributed by atoms with van der Waals surface area (Å²) in [5.74, 6) is -0.0103. The van der Waals surface area contributed by atoms with Crippen molar-refractivity contribution in [1.82, 2.24) is 5.32 Å². The minimum absolute atomic E-state index is 0.00408. The fourth-order valence-corrected chi connectivity index (χ4v) is 3.82. The Kier molecular flexibility index (Phi) is 5.35. The third kappa shape index (κ3) is 4.58. The minimum atomic E-state index is -3.65. The molecule has 0 bridgehead atoms. The van der Waals surface area contributed by atoms with Crippen molar-refractivity contribution in [2.75, 3.05) is 23.1 Å². The predicted molar refractivity (Wildman–Crippen MR) is 97.9 cm³/mol. The van der Waals surface area contributed by atoms with Gasteiger partial charge in [0.2, 0.25) is 5.91 Å². The number of amides is 1. The normalized spacial score (nSPS) is 15.5. The zero-order valence-electron chi connectivity index (χ0n) is 13.7. The largest absolute Gasteiger partial charge is 0.326 e. The summed E-state index contributed by atoms with van der Waals surface area (Å²) in [6.45, 7) is 1.70. The van der Waals surface area contributed by atoms with Crippen LogP contribution in [0, 0.1) is 5.92 Å². The molecule has 1 aliphatic heterocycles. The van der Waals surface area contributed by atoms with Crippen LogP contribution in [0.3, 0.4) is 0 Å². The molecule has 0 saturated carbocycles. The van der Waals surface area contributed by atoms with E-state index in [1.165, 1.54) is 12.1 Å². The Balaban J connectivity index is 1.66. The van der Waals surface area contributed by atoms with Crippen molar-refractivity contribution < 1.29 is 13.2 Å². The van der Waals surface area contributed by atoms with E-state index in [4.69, 9.17) is 0 Å². The second kappa shape index (κ2) is 7.67. The predicted octanol–water partition coefficient (Wildman–Crippen LogP) is 2.43. The lowest BCUT2D eigenvalue weighted by Crippen LogP contribution is -2.34. The summed E-state index contributed by atoms with van der Waals surface area (Å²) in [6.07, 6.45) is 1.64. The molecule has 1 heterocycles. The van der Waals surface area contributed by atoms with E-state index in [9.17, 15) is 13.2 Å². The van der Waals surface area contributed by atoms with Gasteiger partial charge in [-0.3, -0.25) is 9.52 Å². The van der Waals surface area contributed by atoms with Gasteiger partial charge < -0.3 is 10.6 Å². The molecule has 132 valence electrons. The van der Waals surface area contributed by atoms with Crippen LogP contribution in [0.25, 0.3) is 0 Å². The van der Waals surface area contributed by atoms with Crippen LogP contribution in [-0.4, -0.2) is 27.4 Å². The Bertz CT molecular complexity index is 814. The molecule has 1 saturated heterocycles. The van der Waals surface area contributed by atoms with Crippen LogP contribution in [0.4, 0.5) is 11.4 Å². The molecular weight excluding hydrogens is 338 g/mol. The summed E-state index contributed by atoms with van der Waals surface area (Å²) >= 11 is 0. The monoisotopic (exact) mass is 359 g/mol. The third-order valence-electron chi connectivity index (χ3n) is 4.17. The SMILES string of the molecule is O=C(Nc1ccc(S(=O)(=O)Nc2ccccc2)cc1)C1CCNCC1. The molecule has 0 aliphatic carbocycles. The highest BCUT2D eigenvalue weighted by Crippen LogP contribution is 2.20. The maximum atomic E-state index is 12.4. The minimum Gasteiger partial charge on any atom is -0.326 e. The Morgan fingerprint density at radius 2 is 1.56 bits per heavy atom. The van der Waals surface area contributed by atoms with E-state index in [0.29, 0.717) is 11.4 Å². The van der Waals surface area contributed by atoms with Crippen molar-refractivity contribution >= 4 is 27.3 Å². The number of hydrogen-bond donors (Lipinski definition) is 3. The lowest BCUT2D eigenvalue weighted by Gasteiger charge is -2.21. The first-order valence-corrected chi connectivity index (χ1v) is 9.72. The summed E-state index contributed by atoms with van der Waals surface area (Å²) < 4.78 is 27.3. The summed E-state index contributed by atoms with van der Waals surface area (Å²) in [4.78, 5) is 12.4. The van der Waals surface area contributed by atoms with Gasteiger partial charge in [-0.1, -0.05) is 18.2 Å². The molecule has 1 amide bonds. The maximum absolute atomic E-state index is 12.4. The molecular formula is C18H21N3O3S. The average Bonchev–Trinajstić information content (AvgIpc) is 2.63. The second-order valence-electron chi connectivity index (χ2n) is 6.01. The van der Waals surface area contributed by atoms with Crippen LogP contribution in [0.5, 0.6) is 0 Å². The van der Waals surface area contributed by atoms with Gasteiger partial charge in [0, 0.05) is 17.3 Å². The smallest absolute Gasteiger partial charge is 0.261 e. The van der Waals surface area contributed by atoms with Gasteiger partial charge >= 0.3 is 0 Å². The van der Waals surface area contributed by atoms with Crippen molar-refractivity contribution in [3.63, 3.8) is 0 Å². The number of benzene rings is 2. The van der Waals surface area contributed by atoms with Crippen LogP contribution in [-0.2, 0) is 14.8 Å². The maximum Gasteiger partial charge on any atom is 0.261 e. The molecule has 3 N–H and O–H groups in total. The number of hydrogen-bond acceptors (Lipinski definition) is 4. The summed E-state index contributed by atoms with van der Waals surface area (Å²) in [6, 6.07) is 14.9. The quantitative estimate of drug-likeness (QED) is 0.765. The standard InChI is InChI=1S/C18H21N3O3S/c22-18(14-10-12-19-13-11-14)20-15-6-8-17(9-7-15)25(23,24)21-16-4-2-1-3-5-16/h1-9,14,19,21H,10-13H2,(H,20,22). The molecule has 0 atom stereocenters. The number of piperidine rings is 1. The van der Waals surface area contributed by atoms with Crippen LogP contribution in [0.2, 0.25) is 0 Å². The van der Waals surface area contributed by atoms with Crippen LogP contribution in [0.1, 0.15) is 12.8 Å². The van der Waals surface area contributed by atoms with E-state index >= 15 is 0 Å². The molecule has 25 heavy (non-hydrogen) atoms. The zero-order chi connectivity index (χ0) is 17.7. The molecule has 1 aliphatic rings. The second-order valence-corrected chi connectivity index (χ2v) is 7.69. The Labute approximate surface area is 147 Å². The fourth-order valence-electron chi connectivity index (χ4n) is 2.77. The summed E-state index contributed by atoms with van der Waals surface area (Å²) in [5, 5.41) is 6.08. The van der Waals surface area contributed by atoms with Gasteiger partial charge in [0.25, 0.3) is 10.0 Å². The Morgan fingerprint density at radius 1 is 0.920 bits per heavy atom. The fraction of sp³-hybridized carbons (Fsp3) is 0.278. The van der Waals surface area contributed by atoms with Crippen molar-refractivity contribution in [2.45, 2.75) is 17.7 Å². The van der Waals surface area contributed by atoms with E-state index in [-0.39, 0.29) is 16.7 Å². The molecule has 2 aromatic carbocycles. The van der Waals surface area contributed by atoms with E-state index in [2.05, 4.69) is 15.4 Å². The lowest BCUT2D eigenvalue weighted by molar-refractivity contribution is -0.120. The zero-order valence-corrected chi connectivity index (χ0v) is 14.6. The van der Waals surface area contributed by atoms with E-state index in [1.807, 2.05) is 6.07 Å². The number of carbonyl (C=O) groups excluding carboxylic acids is 1. The Morgan fingerprint density at radius 3 is 2.20 bits per heavy atom. The van der Waals surface area contributed by atoms with Gasteiger partial charge in [-0.2, -0.15) is 0 Å². The molecule has 3 rings (SSSR count). The number of para-hydroxylation sites is 1. The molecule has 6 nitrogen and oxygen atoms in total. The van der Waals surface area contributed by atoms with E-state index in [0.717, 1.165) is 25.9 Å². The molecule has 2 aromatic rings. The van der Waals surface area contributed by atoms with E-state index < -0.39 is 10.0 Å². The first-order valence-electron chi connectivity index (χ1n) is 8.24. The van der Waals surface area contributed by atoms with Gasteiger partial charge in [-0.15, -0.1) is 0 Å². The lowest BCUT2D eigenvalue weighted by atomic mass is 9.97. The summed E-state index contributed by atoms with van der Waals surface area (Å²) in [7, 11) is -3.65. The Hall–Kier alpha value is -2.38. The highest BCUT2D eigenvalue weighted by atomic mass is 32.2. The van der Waals surface area contributed by atoms with Crippen LogP contribution >= 0.6 is 0 Å². The van der Waals surface area contributed by atoms with Crippen LogP contribution < -0.4 is 15.4 Å². The van der Waals surface area contributed by atoms with E-state index in [1.54, 1.807) is 36.4 Å². The number of sulfonamides is 1. The first kappa shape index (κ1) is 17.4. The number of carbonyl (C=O) groups is 1. The van der Waals surface area contributed by atoms with Crippen molar-refractivity contribution in [3.8, 4) is 0 Å². The molecule has 0 radical (unpaired) electrons. The molecule has 0 spiro atoms. The first-order chi connectivity index (χ1) is 12.0. The number of rotatable bonds is 5. The average molecular weight is 359 g/mol. The highest BCUT2D eigenvalue weighted by molar-refractivity contribution is 7.92. The highest BCUT2D eigenvalue weighted by Gasteiger charge is 2.21. The summed E-state index contributed by atoms with van der Waals surface area (Å²) in [5.41, 5.74) is 1.10. The van der Waals surface area contributed by atoms with Crippen LogP contribution in [0.15, 0.2) is 59.5 Å². The van der Waals surface area contributed by atoms with Crippen molar-refractivity contribution in [1.29, 1.82) is 0 Å². The molecule has 0 aromatic heterocycles. The molecule has 7 heteroatoms. The van der Waals surface area contributed by atoms with Crippen molar-refractivity contribution in [3.05, 3.63) is 54.6 Å². The van der Waals surface area contributed by atoms with Gasteiger partial charge in [0.15, 0.2) is 0 Å². The van der Waals surface area contributed by atoms with Gasteiger partial charge in [0.05, 0.1) is 4.90 Å². The third-order valence-corrected chi connectivity index (χ3v) is 5.57. The topological polar surface area (TPSA) is 87.3 Å². The van der Waals surface area contributed by atoms with Crippen molar-refractivity contribution in [2.24, 2.45) is 5.92 Å². The number of nitrogens with one attached hydrogen (secondary N) is 3.